The van der Waals surface area contributed by atoms with Crippen LogP contribution in [0.2, 0.25) is 0 Å². The first kappa shape index (κ1) is 17.4. The van der Waals surface area contributed by atoms with Crippen molar-refractivity contribution in [2.75, 3.05) is 24.5 Å². The van der Waals surface area contributed by atoms with Gasteiger partial charge in [0.2, 0.25) is 0 Å². The fraction of sp³-hybridized carbons (Fsp3) is 0.429. The van der Waals surface area contributed by atoms with Crippen LogP contribution >= 0.6 is 11.8 Å². The maximum atomic E-state index is 5.05. The Bertz CT molecular complexity index is 770. The van der Waals surface area contributed by atoms with E-state index < -0.39 is 0 Å². The van der Waals surface area contributed by atoms with E-state index in [9.17, 15) is 0 Å². The molecule has 0 unspecified atom stereocenters. The Kier molecular flexibility index (Phi) is 4.90. The molecule has 4 nitrogen and oxygen atoms in total. The average molecular weight is 367 g/mol. The maximum Gasteiger partial charge on any atom is 0.160 e. The summed E-state index contributed by atoms with van der Waals surface area (Å²) in [6, 6.07) is 15.5. The SMILES string of the molecule is CCN(CC)c1ccc([C@@H]2[C@H](c3ccccn3)N=C3S[C@@H](C)CN32)cc1. The standard InChI is InChI=1S/C21H26N4S/c1-4-24(5-2)17-11-9-16(10-12-17)20-19(18-8-6-7-13-22-18)23-21-25(20)14-15(3)26-21/h6-13,15,19-20H,4-5,14H2,1-3H3/t15-,19-,20+/m0/s1. The molecular weight excluding hydrogens is 340 g/mol. The predicted molar refractivity (Wildman–Crippen MR) is 111 cm³/mol. The van der Waals surface area contributed by atoms with Crippen molar-refractivity contribution in [3.8, 4) is 0 Å². The van der Waals surface area contributed by atoms with Gasteiger partial charge in [0.05, 0.1) is 11.7 Å². The molecule has 2 aliphatic rings. The summed E-state index contributed by atoms with van der Waals surface area (Å²) in [5.74, 6) is 0. The smallest absolute Gasteiger partial charge is 0.160 e. The molecule has 0 bridgehead atoms. The summed E-state index contributed by atoms with van der Waals surface area (Å²) in [6.45, 7) is 9.80. The van der Waals surface area contributed by atoms with Gasteiger partial charge in [0.25, 0.3) is 0 Å². The number of hydrogen-bond acceptors (Lipinski definition) is 5. The molecule has 0 spiro atoms. The lowest BCUT2D eigenvalue weighted by Crippen LogP contribution is -2.28. The van der Waals surface area contributed by atoms with E-state index in [1.807, 2.05) is 24.0 Å². The molecule has 3 heterocycles. The highest BCUT2D eigenvalue weighted by atomic mass is 32.2. The van der Waals surface area contributed by atoms with Crippen molar-refractivity contribution >= 4 is 22.6 Å². The van der Waals surface area contributed by atoms with Gasteiger partial charge in [-0.1, -0.05) is 36.9 Å². The molecule has 1 saturated heterocycles. The number of anilines is 1. The molecule has 4 rings (SSSR count). The molecule has 2 aliphatic heterocycles. The molecule has 0 radical (unpaired) electrons. The Morgan fingerprint density at radius 3 is 2.54 bits per heavy atom. The fourth-order valence-corrected chi connectivity index (χ4v) is 5.04. The summed E-state index contributed by atoms with van der Waals surface area (Å²) < 4.78 is 0. The Morgan fingerprint density at radius 1 is 1.12 bits per heavy atom. The minimum Gasteiger partial charge on any atom is -0.372 e. The Hall–Kier alpha value is -2.01. The van der Waals surface area contributed by atoms with E-state index in [1.165, 1.54) is 16.4 Å². The third-order valence-corrected chi connectivity index (χ3v) is 6.35. The zero-order valence-electron chi connectivity index (χ0n) is 15.7. The molecule has 3 atom stereocenters. The van der Waals surface area contributed by atoms with E-state index >= 15 is 0 Å². The van der Waals surface area contributed by atoms with Crippen LogP contribution in [-0.2, 0) is 0 Å². The lowest BCUT2D eigenvalue weighted by molar-refractivity contribution is 0.321. The van der Waals surface area contributed by atoms with E-state index in [0.29, 0.717) is 5.25 Å². The molecule has 5 heteroatoms. The van der Waals surface area contributed by atoms with E-state index in [1.54, 1.807) is 0 Å². The van der Waals surface area contributed by atoms with Crippen molar-refractivity contribution in [2.45, 2.75) is 38.1 Å². The first-order valence-corrected chi connectivity index (χ1v) is 10.4. The van der Waals surface area contributed by atoms with Crippen LogP contribution in [0.5, 0.6) is 0 Å². The molecule has 1 aromatic heterocycles. The van der Waals surface area contributed by atoms with Crippen molar-refractivity contribution in [1.29, 1.82) is 0 Å². The number of pyridine rings is 1. The molecule has 1 aromatic carbocycles. The molecule has 0 N–H and O–H groups in total. The monoisotopic (exact) mass is 366 g/mol. The third-order valence-electron chi connectivity index (χ3n) is 5.24. The van der Waals surface area contributed by atoms with Crippen LogP contribution in [0.25, 0.3) is 0 Å². The van der Waals surface area contributed by atoms with E-state index in [2.05, 4.69) is 72.0 Å². The fourth-order valence-electron chi connectivity index (χ4n) is 3.95. The summed E-state index contributed by atoms with van der Waals surface area (Å²) in [6.07, 6.45) is 1.87. The lowest BCUT2D eigenvalue weighted by Gasteiger charge is -2.28. The Morgan fingerprint density at radius 2 is 1.88 bits per heavy atom. The number of hydrogen-bond donors (Lipinski definition) is 0. The van der Waals surface area contributed by atoms with Gasteiger partial charge < -0.3 is 9.80 Å². The summed E-state index contributed by atoms with van der Waals surface area (Å²) in [5, 5.41) is 1.77. The third kappa shape index (κ3) is 3.09. The van der Waals surface area contributed by atoms with E-state index in [-0.39, 0.29) is 12.1 Å². The second kappa shape index (κ2) is 7.31. The van der Waals surface area contributed by atoms with Crippen LogP contribution in [0.1, 0.15) is 44.1 Å². The maximum absolute atomic E-state index is 5.05. The summed E-state index contributed by atoms with van der Waals surface area (Å²) in [4.78, 5) is 14.5. The molecule has 136 valence electrons. The van der Waals surface area contributed by atoms with Crippen LogP contribution < -0.4 is 4.90 Å². The van der Waals surface area contributed by atoms with Gasteiger partial charge in [-0.05, 0) is 43.7 Å². The van der Waals surface area contributed by atoms with Crippen LogP contribution in [0.3, 0.4) is 0 Å². The van der Waals surface area contributed by atoms with Crippen molar-refractivity contribution in [3.63, 3.8) is 0 Å². The number of nitrogens with zero attached hydrogens (tertiary/aromatic N) is 4. The second-order valence-electron chi connectivity index (χ2n) is 6.90. The van der Waals surface area contributed by atoms with Crippen molar-refractivity contribution < 1.29 is 0 Å². The van der Waals surface area contributed by atoms with Gasteiger partial charge in [-0.3, -0.25) is 9.98 Å². The summed E-state index contributed by atoms with van der Waals surface area (Å²) in [5.41, 5.74) is 3.67. The van der Waals surface area contributed by atoms with Gasteiger partial charge in [-0.15, -0.1) is 0 Å². The van der Waals surface area contributed by atoms with Crippen LogP contribution in [0.15, 0.2) is 53.7 Å². The number of benzene rings is 1. The quantitative estimate of drug-likeness (QED) is 0.779. The predicted octanol–water partition coefficient (Wildman–Crippen LogP) is 4.52. The molecule has 1 fully saturated rings. The minimum atomic E-state index is 0.0745. The first-order chi connectivity index (χ1) is 12.7. The van der Waals surface area contributed by atoms with Crippen molar-refractivity contribution in [2.24, 2.45) is 4.99 Å². The van der Waals surface area contributed by atoms with Gasteiger partial charge in [-0.25, -0.2) is 0 Å². The van der Waals surface area contributed by atoms with Crippen molar-refractivity contribution in [3.05, 3.63) is 59.9 Å². The zero-order valence-corrected chi connectivity index (χ0v) is 16.5. The first-order valence-electron chi connectivity index (χ1n) is 9.48. The van der Waals surface area contributed by atoms with Crippen LogP contribution in [0.4, 0.5) is 5.69 Å². The highest BCUT2D eigenvalue weighted by molar-refractivity contribution is 8.14. The number of aromatic nitrogens is 1. The van der Waals surface area contributed by atoms with E-state index in [4.69, 9.17) is 4.99 Å². The lowest BCUT2D eigenvalue weighted by atomic mass is 9.96. The number of rotatable bonds is 5. The number of thioether (sulfide) groups is 1. The Balaban J connectivity index is 1.68. The average Bonchev–Trinajstić information content (AvgIpc) is 3.20. The largest absolute Gasteiger partial charge is 0.372 e. The van der Waals surface area contributed by atoms with Gasteiger partial charge in [0.15, 0.2) is 5.17 Å². The zero-order chi connectivity index (χ0) is 18.1. The summed E-state index contributed by atoms with van der Waals surface area (Å²) >= 11 is 1.89. The highest BCUT2D eigenvalue weighted by Crippen LogP contribution is 2.47. The van der Waals surface area contributed by atoms with Crippen LogP contribution in [0, 0.1) is 0 Å². The highest BCUT2D eigenvalue weighted by Gasteiger charge is 2.43. The summed E-state index contributed by atoms with van der Waals surface area (Å²) in [7, 11) is 0. The molecule has 2 aromatic rings. The topological polar surface area (TPSA) is 31.7 Å². The molecule has 0 amide bonds. The number of fused-ring (bicyclic) bond motifs is 1. The van der Waals surface area contributed by atoms with Gasteiger partial charge in [0, 0.05) is 36.8 Å². The number of aliphatic imine (C=N–C) groups is 1. The van der Waals surface area contributed by atoms with Gasteiger partial charge >= 0.3 is 0 Å². The number of amidine groups is 1. The van der Waals surface area contributed by atoms with Gasteiger partial charge in [-0.2, -0.15) is 0 Å². The normalized spacial score (nSPS) is 24.5. The van der Waals surface area contributed by atoms with Crippen molar-refractivity contribution in [1.82, 2.24) is 9.88 Å². The molecule has 26 heavy (non-hydrogen) atoms. The molecule has 0 aliphatic carbocycles. The van der Waals surface area contributed by atoms with Crippen LogP contribution in [-0.4, -0.2) is 39.9 Å². The second-order valence-corrected chi connectivity index (χ2v) is 8.31. The molecule has 0 saturated carbocycles. The molecular formula is C21H26N4S. The van der Waals surface area contributed by atoms with Gasteiger partial charge in [0.1, 0.15) is 6.04 Å². The van der Waals surface area contributed by atoms with E-state index in [0.717, 1.165) is 25.3 Å². The Labute approximate surface area is 160 Å². The minimum absolute atomic E-state index is 0.0745.